The van der Waals surface area contributed by atoms with Gasteiger partial charge >= 0.3 is 0 Å². The van der Waals surface area contributed by atoms with Crippen LogP contribution in [0.2, 0.25) is 0 Å². The number of likely N-dealkylation sites (tertiary alicyclic amines) is 1. The molecule has 1 N–H and O–H groups in total. The van der Waals surface area contributed by atoms with Crippen LogP contribution >= 0.6 is 0 Å². The number of fused-ring (bicyclic) bond motifs is 1. The minimum Gasteiger partial charge on any atom is -0.468 e. The molecule has 3 heteroatoms. The van der Waals surface area contributed by atoms with Gasteiger partial charge < -0.3 is 9.73 Å². The van der Waals surface area contributed by atoms with Crippen molar-refractivity contribution < 1.29 is 4.42 Å². The molecule has 112 valence electrons. The Balaban J connectivity index is 1.49. The van der Waals surface area contributed by atoms with Crippen molar-refractivity contribution in [2.45, 2.75) is 64.1 Å². The molecule has 1 aromatic heterocycles. The van der Waals surface area contributed by atoms with Crippen LogP contribution in [0.25, 0.3) is 0 Å². The standard InChI is InChI=1S/C17H28N2O/c1-14(12-18-13-16-8-5-11-20-16)19-10-4-7-15-6-2-3-9-17(15)19/h5,8,11,14-15,17-18H,2-4,6-7,9-10,12-13H2,1H3/t14?,15-,17-/m1/s1. The van der Waals surface area contributed by atoms with Crippen molar-refractivity contribution in [1.29, 1.82) is 0 Å². The largest absolute Gasteiger partial charge is 0.468 e. The lowest BCUT2D eigenvalue weighted by Gasteiger charge is -2.47. The predicted octanol–water partition coefficient (Wildman–Crippen LogP) is 3.41. The molecule has 1 aliphatic heterocycles. The average molecular weight is 276 g/mol. The molecule has 0 radical (unpaired) electrons. The molecule has 1 aliphatic carbocycles. The Hall–Kier alpha value is -0.800. The third-order valence-electron chi connectivity index (χ3n) is 5.17. The lowest BCUT2D eigenvalue weighted by Crippen LogP contribution is -2.53. The van der Waals surface area contributed by atoms with E-state index in [1.165, 1.54) is 45.1 Å². The fourth-order valence-corrected chi connectivity index (χ4v) is 4.15. The van der Waals surface area contributed by atoms with Gasteiger partial charge in [-0.3, -0.25) is 4.90 Å². The van der Waals surface area contributed by atoms with Crippen LogP contribution in [0.15, 0.2) is 22.8 Å². The Morgan fingerprint density at radius 2 is 2.15 bits per heavy atom. The van der Waals surface area contributed by atoms with Crippen LogP contribution in [-0.2, 0) is 6.54 Å². The SMILES string of the molecule is CC(CNCc1ccco1)N1CCC[C@H]2CCCC[C@H]21. The van der Waals surface area contributed by atoms with Crippen LogP contribution in [0.1, 0.15) is 51.2 Å². The molecule has 3 nitrogen and oxygen atoms in total. The predicted molar refractivity (Wildman–Crippen MR) is 81.6 cm³/mol. The second-order valence-corrected chi connectivity index (χ2v) is 6.55. The van der Waals surface area contributed by atoms with Gasteiger partial charge in [-0.15, -0.1) is 0 Å². The zero-order chi connectivity index (χ0) is 13.8. The Labute approximate surface area is 122 Å². The molecular formula is C17H28N2O. The van der Waals surface area contributed by atoms with Crippen LogP contribution in [0, 0.1) is 5.92 Å². The lowest BCUT2D eigenvalue weighted by molar-refractivity contribution is 0.0313. The number of hydrogen-bond donors (Lipinski definition) is 1. The van der Waals surface area contributed by atoms with Gasteiger partial charge in [0.2, 0.25) is 0 Å². The molecule has 2 aliphatic rings. The maximum absolute atomic E-state index is 5.37. The summed E-state index contributed by atoms with van der Waals surface area (Å²) in [7, 11) is 0. The summed E-state index contributed by atoms with van der Waals surface area (Å²) >= 11 is 0. The van der Waals surface area contributed by atoms with Gasteiger partial charge in [0.15, 0.2) is 0 Å². The molecule has 2 heterocycles. The molecule has 0 spiro atoms. The van der Waals surface area contributed by atoms with Gasteiger partial charge in [0.25, 0.3) is 0 Å². The molecular weight excluding hydrogens is 248 g/mol. The highest BCUT2D eigenvalue weighted by molar-refractivity contribution is 4.97. The van der Waals surface area contributed by atoms with E-state index < -0.39 is 0 Å². The molecule has 1 saturated heterocycles. The summed E-state index contributed by atoms with van der Waals surface area (Å²) in [5.41, 5.74) is 0. The fourth-order valence-electron chi connectivity index (χ4n) is 4.15. The summed E-state index contributed by atoms with van der Waals surface area (Å²) in [6.45, 7) is 5.58. The smallest absolute Gasteiger partial charge is 0.117 e. The molecule has 3 rings (SSSR count). The van der Waals surface area contributed by atoms with Crippen molar-refractivity contribution in [1.82, 2.24) is 10.2 Å². The monoisotopic (exact) mass is 276 g/mol. The summed E-state index contributed by atoms with van der Waals surface area (Å²) in [6, 6.07) is 5.49. The molecule has 1 aromatic rings. The molecule has 0 bridgehead atoms. The zero-order valence-corrected chi connectivity index (χ0v) is 12.7. The first kappa shape index (κ1) is 14.2. The van der Waals surface area contributed by atoms with Gasteiger partial charge in [-0.25, -0.2) is 0 Å². The number of hydrogen-bond acceptors (Lipinski definition) is 3. The van der Waals surface area contributed by atoms with Gasteiger partial charge in [0.05, 0.1) is 12.8 Å². The molecule has 0 aromatic carbocycles. The number of piperidine rings is 1. The van der Waals surface area contributed by atoms with E-state index in [0.29, 0.717) is 6.04 Å². The lowest BCUT2D eigenvalue weighted by atomic mass is 9.78. The molecule has 0 amide bonds. The molecule has 1 saturated carbocycles. The van der Waals surface area contributed by atoms with E-state index in [2.05, 4.69) is 17.1 Å². The molecule has 2 fully saturated rings. The number of furan rings is 1. The highest BCUT2D eigenvalue weighted by Gasteiger charge is 2.34. The summed E-state index contributed by atoms with van der Waals surface area (Å²) in [5, 5.41) is 3.54. The van der Waals surface area contributed by atoms with Gasteiger partial charge in [0.1, 0.15) is 5.76 Å². The van der Waals surface area contributed by atoms with Crippen LogP contribution in [0.3, 0.4) is 0 Å². The first-order valence-corrected chi connectivity index (χ1v) is 8.33. The maximum atomic E-state index is 5.37. The average Bonchev–Trinajstić information content (AvgIpc) is 3.00. The Kier molecular flexibility index (Phi) is 4.79. The molecule has 3 atom stereocenters. The normalized spacial score (nSPS) is 29.1. The van der Waals surface area contributed by atoms with Crippen molar-refractivity contribution in [3.05, 3.63) is 24.2 Å². The maximum Gasteiger partial charge on any atom is 0.117 e. The number of nitrogens with one attached hydrogen (secondary N) is 1. The summed E-state index contributed by atoms with van der Waals surface area (Å²) in [6.07, 6.45) is 10.4. The molecule has 1 unspecified atom stereocenters. The summed E-state index contributed by atoms with van der Waals surface area (Å²) < 4.78 is 5.37. The zero-order valence-electron chi connectivity index (χ0n) is 12.7. The van der Waals surface area contributed by atoms with E-state index >= 15 is 0 Å². The van der Waals surface area contributed by atoms with E-state index in [1.54, 1.807) is 6.26 Å². The van der Waals surface area contributed by atoms with Crippen molar-refractivity contribution in [2.24, 2.45) is 5.92 Å². The van der Waals surface area contributed by atoms with E-state index in [1.807, 2.05) is 12.1 Å². The first-order valence-electron chi connectivity index (χ1n) is 8.33. The third kappa shape index (κ3) is 3.26. The highest BCUT2D eigenvalue weighted by atomic mass is 16.3. The van der Waals surface area contributed by atoms with Gasteiger partial charge in [0, 0.05) is 18.6 Å². The topological polar surface area (TPSA) is 28.4 Å². The second kappa shape index (κ2) is 6.77. The van der Waals surface area contributed by atoms with Crippen LogP contribution in [-0.4, -0.2) is 30.1 Å². The quantitative estimate of drug-likeness (QED) is 0.893. The minimum absolute atomic E-state index is 0.635. The second-order valence-electron chi connectivity index (χ2n) is 6.55. The van der Waals surface area contributed by atoms with E-state index in [-0.39, 0.29) is 0 Å². The van der Waals surface area contributed by atoms with E-state index in [4.69, 9.17) is 4.42 Å². The van der Waals surface area contributed by atoms with Crippen LogP contribution < -0.4 is 5.32 Å². The van der Waals surface area contributed by atoms with Crippen molar-refractivity contribution in [3.8, 4) is 0 Å². The Morgan fingerprint density at radius 3 is 3.00 bits per heavy atom. The number of rotatable bonds is 5. The van der Waals surface area contributed by atoms with Gasteiger partial charge in [-0.05, 0) is 57.2 Å². The van der Waals surface area contributed by atoms with Gasteiger partial charge in [-0.2, -0.15) is 0 Å². The van der Waals surface area contributed by atoms with Crippen molar-refractivity contribution in [3.63, 3.8) is 0 Å². The minimum atomic E-state index is 0.635. The van der Waals surface area contributed by atoms with E-state index in [0.717, 1.165) is 30.8 Å². The Morgan fingerprint density at radius 1 is 1.30 bits per heavy atom. The Bertz CT molecular complexity index is 388. The first-order chi connectivity index (χ1) is 9.84. The summed E-state index contributed by atoms with van der Waals surface area (Å²) in [4.78, 5) is 2.78. The third-order valence-corrected chi connectivity index (χ3v) is 5.17. The summed E-state index contributed by atoms with van der Waals surface area (Å²) in [5.74, 6) is 2.01. The van der Waals surface area contributed by atoms with Crippen LogP contribution in [0.5, 0.6) is 0 Å². The van der Waals surface area contributed by atoms with Crippen molar-refractivity contribution in [2.75, 3.05) is 13.1 Å². The van der Waals surface area contributed by atoms with E-state index in [9.17, 15) is 0 Å². The van der Waals surface area contributed by atoms with Crippen molar-refractivity contribution >= 4 is 0 Å². The van der Waals surface area contributed by atoms with Crippen LogP contribution in [0.4, 0.5) is 0 Å². The highest BCUT2D eigenvalue weighted by Crippen LogP contribution is 2.36. The van der Waals surface area contributed by atoms with Gasteiger partial charge in [-0.1, -0.05) is 12.8 Å². The fraction of sp³-hybridized carbons (Fsp3) is 0.765. The molecule has 20 heavy (non-hydrogen) atoms. The number of nitrogens with zero attached hydrogens (tertiary/aromatic N) is 1.